The Morgan fingerprint density at radius 1 is 1.03 bits per heavy atom. The second-order valence-corrected chi connectivity index (χ2v) is 7.25. The molecule has 3 rings (SSSR count). The Morgan fingerprint density at radius 2 is 1.77 bits per heavy atom. The van der Waals surface area contributed by atoms with Gasteiger partial charge in [0.15, 0.2) is 0 Å². The number of ether oxygens (including phenoxy) is 1. The highest BCUT2D eigenvalue weighted by Crippen LogP contribution is 2.29. The molecule has 2 amide bonds. The van der Waals surface area contributed by atoms with E-state index in [1.54, 1.807) is 11.0 Å². The molecule has 3 aromatic carbocycles. The second kappa shape index (κ2) is 9.89. The maximum atomic E-state index is 14.0. The Morgan fingerprint density at radius 3 is 2.45 bits per heavy atom. The Labute approximate surface area is 181 Å². The van der Waals surface area contributed by atoms with Gasteiger partial charge < -0.3 is 15.0 Å². The summed E-state index contributed by atoms with van der Waals surface area (Å²) in [4.78, 5) is 26.7. The summed E-state index contributed by atoms with van der Waals surface area (Å²) in [6, 6.07) is 20.5. The molecule has 0 heterocycles. The van der Waals surface area contributed by atoms with E-state index in [0.717, 1.165) is 11.1 Å². The van der Waals surface area contributed by atoms with E-state index in [-0.39, 0.29) is 23.4 Å². The zero-order chi connectivity index (χ0) is 22.4. The van der Waals surface area contributed by atoms with Crippen molar-refractivity contribution in [2.24, 2.45) is 0 Å². The van der Waals surface area contributed by atoms with Crippen molar-refractivity contribution >= 4 is 17.5 Å². The van der Waals surface area contributed by atoms with E-state index in [1.807, 2.05) is 55.5 Å². The summed E-state index contributed by atoms with van der Waals surface area (Å²) in [6.07, 6.45) is 0. The molecule has 0 aliphatic rings. The van der Waals surface area contributed by atoms with Crippen molar-refractivity contribution in [1.82, 2.24) is 4.90 Å². The lowest BCUT2D eigenvalue weighted by Gasteiger charge is -2.30. The van der Waals surface area contributed by atoms with Crippen LogP contribution in [0.1, 0.15) is 41.4 Å². The van der Waals surface area contributed by atoms with Crippen LogP contribution in [0.3, 0.4) is 0 Å². The summed E-state index contributed by atoms with van der Waals surface area (Å²) in [7, 11) is 1.45. The number of carbonyl (C=O) groups is 2. The molecule has 1 N–H and O–H groups in total. The smallest absolute Gasteiger partial charge is 0.258 e. The number of halogens is 1. The predicted octanol–water partition coefficient (Wildman–Crippen LogP) is 5.20. The van der Waals surface area contributed by atoms with E-state index in [9.17, 15) is 14.0 Å². The van der Waals surface area contributed by atoms with E-state index < -0.39 is 5.82 Å². The monoisotopic (exact) mass is 420 g/mol. The van der Waals surface area contributed by atoms with Crippen molar-refractivity contribution < 1.29 is 18.7 Å². The Balaban J connectivity index is 2.01. The number of nitrogens with zero attached hydrogens (tertiary/aromatic N) is 1. The summed E-state index contributed by atoms with van der Waals surface area (Å²) in [5.74, 6) is -0.725. The summed E-state index contributed by atoms with van der Waals surface area (Å²) in [5, 5.41) is 2.76. The van der Waals surface area contributed by atoms with Crippen molar-refractivity contribution in [1.29, 1.82) is 0 Å². The lowest BCUT2D eigenvalue weighted by molar-refractivity contribution is -0.114. The molecule has 0 spiro atoms. The molecule has 0 aromatic heterocycles. The quantitative estimate of drug-likeness (QED) is 0.572. The molecule has 5 nitrogen and oxygen atoms in total. The van der Waals surface area contributed by atoms with Gasteiger partial charge in [0.05, 0.1) is 18.7 Å². The van der Waals surface area contributed by atoms with Gasteiger partial charge >= 0.3 is 0 Å². The van der Waals surface area contributed by atoms with Crippen LogP contribution in [-0.2, 0) is 11.3 Å². The number of amides is 2. The Hall–Kier alpha value is -3.67. The highest BCUT2D eigenvalue weighted by atomic mass is 19.1. The molecule has 6 heteroatoms. The number of hydrogen-bond donors (Lipinski definition) is 1. The number of benzene rings is 3. The lowest BCUT2D eigenvalue weighted by Crippen LogP contribution is -2.33. The highest BCUT2D eigenvalue weighted by molar-refractivity contribution is 5.97. The van der Waals surface area contributed by atoms with E-state index in [0.29, 0.717) is 18.0 Å². The molecule has 3 aromatic rings. The molecule has 0 aliphatic carbocycles. The van der Waals surface area contributed by atoms with Gasteiger partial charge in [0.25, 0.3) is 5.91 Å². The zero-order valence-corrected chi connectivity index (χ0v) is 17.8. The fraction of sp³-hybridized carbons (Fsp3) is 0.200. The summed E-state index contributed by atoms with van der Waals surface area (Å²) in [6.45, 7) is 3.67. The van der Waals surface area contributed by atoms with E-state index >= 15 is 0 Å². The minimum atomic E-state index is -0.510. The number of rotatable bonds is 7. The van der Waals surface area contributed by atoms with Crippen LogP contribution in [0.15, 0.2) is 72.8 Å². The van der Waals surface area contributed by atoms with E-state index in [1.165, 1.54) is 32.2 Å². The Kier molecular flexibility index (Phi) is 7.03. The van der Waals surface area contributed by atoms with Crippen molar-refractivity contribution in [2.45, 2.75) is 26.4 Å². The van der Waals surface area contributed by atoms with Gasteiger partial charge in [-0.15, -0.1) is 0 Å². The first-order chi connectivity index (χ1) is 14.9. The molecule has 0 radical (unpaired) electrons. The van der Waals surface area contributed by atoms with Gasteiger partial charge in [-0.2, -0.15) is 0 Å². The van der Waals surface area contributed by atoms with E-state index in [4.69, 9.17) is 4.74 Å². The molecule has 1 atom stereocenters. The first kappa shape index (κ1) is 22.0. The lowest BCUT2D eigenvalue weighted by atomic mass is 10.0. The van der Waals surface area contributed by atoms with Crippen molar-refractivity contribution in [2.75, 3.05) is 12.4 Å². The second-order valence-electron chi connectivity index (χ2n) is 7.25. The van der Waals surface area contributed by atoms with Gasteiger partial charge in [0.2, 0.25) is 5.91 Å². The van der Waals surface area contributed by atoms with Crippen LogP contribution in [0.5, 0.6) is 5.75 Å². The number of nitrogens with one attached hydrogen (secondary N) is 1. The van der Waals surface area contributed by atoms with Crippen LogP contribution in [-0.4, -0.2) is 23.8 Å². The molecule has 0 aliphatic heterocycles. The highest BCUT2D eigenvalue weighted by Gasteiger charge is 2.26. The first-order valence-corrected chi connectivity index (χ1v) is 9.95. The summed E-state index contributed by atoms with van der Waals surface area (Å²) in [5.41, 5.74) is 2.58. The Bertz CT molecular complexity index is 1070. The number of hydrogen-bond acceptors (Lipinski definition) is 3. The normalized spacial score (nSPS) is 11.5. The SMILES string of the molecule is COc1ccc(F)cc1C(=O)N(Cc1ccccc1)C(C)c1cccc(NC(C)=O)c1. The molecular formula is C25H25FN2O3. The molecule has 0 fully saturated rings. The fourth-order valence-electron chi connectivity index (χ4n) is 3.43. The van der Waals surface area contributed by atoms with Crippen LogP contribution < -0.4 is 10.1 Å². The number of carbonyl (C=O) groups excluding carboxylic acids is 2. The number of methoxy groups -OCH3 is 1. The minimum absolute atomic E-state index is 0.156. The zero-order valence-electron chi connectivity index (χ0n) is 17.8. The first-order valence-electron chi connectivity index (χ1n) is 9.95. The van der Waals surface area contributed by atoms with Gasteiger partial charge in [-0.3, -0.25) is 9.59 Å². The molecule has 31 heavy (non-hydrogen) atoms. The molecule has 160 valence electrons. The number of anilines is 1. The van der Waals surface area contributed by atoms with Gasteiger partial charge in [-0.25, -0.2) is 4.39 Å². The topological polar surface area (TPSA) is 58.6 Å². The predicted molar refractivity (Wildman–Crippen MR) is 118 cm³/mol. The largest absolute Gasteiger partial charge is 0.496 e. The van der Waals surface area contributed by atoms with Crippen molar-refractivity contribution in [3.63, 3.8) is 0 Å². The van der Waals surface area contributed by atoms with Crippen LogP contribution in [0.4, 0.5) is 10.1 Å². The summed E-state index contributed by atoms with van der Waals surface area (Å²) < 4.78 is 19.3. The molecule has 0 saturated carbocycles. The molecule has 0 bridgehead atoms. The maximum Gasteiger partial charge on any atom is 0.258 e. The van der Waals surface area contributed by atoms with Crippen molar-refractivity contribution in [3.8, 4) is 5.75 Å². The van der Waals surface area contributed by atoms with Gasteiger partial charge in [-0.1, -0.05) is 42.5 Å². The molecular weight excluding hydrogens is 395 g/mol. The van der Waals surface area contributed by atoms with Crippen molar-refractivity contribution in [3.05, 3.63) is 95.3 Å². The third-order valence-electron chi connectivity index (χ3n) is 5.01. The molecule has 1 unspecified atom stereocenters. The third kappa shape index (κ3) is 5.48. The average Bonchev–Trinajstić information content (AvgIpc) is 2.77. The average molecular weight is 420 g/mol. The maximum absolute atomic E-state index is 14.0. The van der Waals surface area contributed by atoms with Gasteiger partial charge in [0.1, 0.15) is 11.6 Å². The van der Waals surface area contributed by atoms with E-state index in [2.05, 4.69) is 5.32 Å². The van der Waals surface area contributed by atoms with Crippen LogP contribution >= 0.6 is 0 Å². The van der Waals surface area contributed by atoms with Crippen LogP contribution in [0, 0.1) is 5.82 Å². The van der Waals surface area contributed by atoms with Gasteiger partial charge in [-0.05, 0) is 48.4 Å². The van der Waals surface area contributed by atoms with Crippen LogP contribution in [0.25, 0.3) is 0 Å². The molecule has 0 saturated heterocycles. The standard InChI is InChI=1S/C25H25FN2O3/c1-17(20-10-7-11-22(14-20)27-18(2)29)28(16-19-8-5-4-6-9-19)25(30)23-15-21(26)12-13-24(23)31-3/h4-15,17H,16H2,1-3H3,(H,27,29). The van der Waals surface area contributed by atoms with Crippen LogP contribution in [0.2, 0.25) is 0 Å². The fourth-order valence-corrected chi connectivity index (χ4v) is 3.43. The summed E-state index contributed by atoms with van der Waals surface area (Å²) >= 11 is 0. The third-order valence-corrected chi connectivity index (χ3v) is 5.01. The minimum Gasteiger partial charge on any atom is -0.496 e. The van der Waals surface area contributed by atoms with Gasteiger partial charge in [0, 0.05) is 19.2 Å².